The molecular formula is C15H12N6O2. The van der Waals surface area contributed by atoms with E-state index in [1.807, 2.05) is 0 Å². The van der Waals surface area contributed by atoms with Gasteiger partial charge in [0.1, 0.15) is 12.1 Å². The van der Waals surface area contributed by atoms with Crippen LogP contribution in [0.4, 0.5) is 0 Å². The highest BCUT2D eigenvalue weighted by Gasteiger charge is 2.05. The van der Waals surface area contributed by atoms with Gasteiger partial charge in [-0.15, -0.1) is 5.10 Å². The largest absolute Gasteiger partial charge is 0.508 e. The average Bonchev–Trinajstić information content (AvgIpc) is 3.11. The fraction of sp³-hybridized carbons (Fsp3) is 0. The van der Waals surface area contributed by atoms with Crippen molar-refractivity contribution in [3.8, 4) is 11.4 Å². The Morgan fingerprint density at radius 3 is 2.52 bits per heavy atom. The molecule has 8 nitrogen and oxygen atoms in total. The summed E-state index contributed by atoms with van der Waals surface area (Å²) in [4.78, 5) is 12.0. The number of nitrogens with one attached hydrogen (secondary N) is 1. The van der Waals surface area contributed by atoms with Gasteiger partial charge in [-0.2, -0.15) is 5.10 Å². The molecule has 0 aliphatic heterocycles. The maximum absolute atomic E-state index is 12.0. The predicted molar refractivity (Wildman–Crippen MR) is 82.3 cm³/mol. The van der Waals surface area contributed by atoms with Gasteiger partial charge >= 0.3 is 0 Å². The first-order valence-corrected chi connectivity index (χ1v) is 6.68. The van der Waals surface area contributed by atoms with E-state index in [4.69, 9.17) is 0 Å². The summed E-state index contributed by atoms with van der Waals surface area (Å²) in [5.41, 5.74) is 4.41. The Morgan fingerprint density at radius 1 is 1.13 bits per heavy atom. The Morgan fingerprint density at radius 2 is 1.87 bits per heavy atom. The number of hydrazone groups is 1. The monoisotopic (exact) mass is 308 g/mol. The highest BCUT2D eigenvalue weighted by atomic mass is 16.3. The van der Waals surface area contributed by atoms with Crippen LogP contribution in [0, 0.1) is 0 Å². The number of hydrogen-bond acceptors (Lipinski definition) is 6. The molecule has 1 amide bonds. The van der Waals surface area contributed by atoms with E-state index in [2.05, 4.69) is 26.1 Å². The molecule has 0 aliphatic carbocycles. The number of nitrogens with zero attached hydrogens (tertiary/aromatic N) is 5. The van der Waals surface area contributed by atoms with Gasteiger partial charge in [0.05, 0.1) is 11.9 Å². The first-order chi connectivity index (χ1) is 11.2. The van der Waals surface area contributed by atoms with Crippen LogP contribution in [0.5, 0.6) is 5.75 Å². The van der Waals surface area contributed by atoms with Crippen LogP contribution in [0.25, 0.3) is 5.69 Å². The summed E-state index contributed by atoms with van der Waals surface area (Å²) < 4.78 is 1.49. The SMILES string of the molecule is O=C(NN=Cc1ccc(O)cc1)c1ccc(-n2cnnn2)cc1. The van der Waals surface area contributed by atoms with E-state index in [1.54, 1.807) is 48.5 Å². The molecular weight excluding hydrogens is 296 g/mol. The summed E-state index contributed by atoms with van der Waals surface area (Å²) in [6.07, 6.45) is 2.96. The maximum atomic E-state index is 12.0. The third kappa shape index (κ3) is 3.56. The van der Waals surface area contributed by atoms with Gasteiger partial charge in [0.25, 0.3) is 5.91 Å². The highest BCUT2D eigenvalue weighted by Crippen LogP contribution is 2.09. The van der Waals surface area contributed by atoms with Gasteiger partial charge in [-0.3, -0.25) is 4.79 Å². The molecule has 0 atom stereocenters. The number of aromatic nitrogens is 4. The normalized spacial score (nSPS) is 10.8. The van der Waals surface area contributed by atoms with Crippen molar-refractivity contribution in [3.63, 3.8) is 0 Å². The Bertz CT molecular complexity index is 810. The molecule has 0 saturated carbocycles. The molecule has 23 heavy (non-hydrogen) atoms. The first-order valence-electron chi connectivity index (χ1n) is 6.68. The van der Waals surface area contributed by atoms with Gasteiger partial charge in [0.2, 0.25) is 0 Å². The minimum Gasteiger partial charge on any atom is -0.508 e. The van der Waals surface area contributed by atoms with Gasteiger partial charge in [-0.1, -0.05) is 0 Å². The summed E-state index contributed by atoms with van der Waals surface area (Å²) in [5, 5.41) is 23.9. The molecule has 1 heterocycles. The Labute approximate surface area is 131 Å². The number of phenols is 1. The lowest BCUT2D eigenvalue weighted by atomic mass is 10.2. The number of hydrogen-bond donors (Lipinski definition) is 2. The maximum Gasteiger partial charge on any atom is 0.271 e. The van der Waals surface area contributed by atoms with E-state index in [0.29, 0.717) is 5.56 Å². The summed E-state index contributed by atoms with van der Waals surface area (Å²) in [5.74, 6) is -0.155. The molecule has 0 saturated heterocycles. The third-order valence-corrected chi connectivity index (χ3v) is 3.02. The van der Waals surface area contributed by atoms with E-state index in [-0.39, 0.29) is 11.7 Å². The number of benzene rings is 2. The van der Waals surface area contributed by atoms with Gasteiger partial charge in [-0.05, 0) is 64.5 Å². The smallest absolute Gasteiger partial charge is 0.271 e. The summed E-state index contributed by atoms with van der Waals surface area (Å²) in [6.45, 7) is 0. The van der Waals surface area contributed by atoms with Crippen LogP contribution in [-0.4, -0.2) is 37.4 Å². The zero-order chi connectivity index (χ0) is 16.1. The number of aromatic hydroxyl groups is 1. The fourth-order valence-corrected chi connectivity index (χ4v) is 1.84. The second kappa shape index (κ2) is 6.48. The van der Waals surface area contributed by atoms with E-state index in [1.165, 1.54) is 17.2 Å². The van der Waals surface area contributed by atoms with Crippen LogP contribution in [0.3, 0.4) is 0 Å². The van der Waals surface area contributed by atoms with Crippen LogP contribution >= 0.6 is 0 Å². The second-order valence-corrected chi connectivity index (χ2v) is 4.59. The lowest BCUT2D eigenvalue weighted by Crippen LogP contribution is -2.17. The van der Waals surface area contributed by atoms with Gasteiger partial charge in [-0.25, -0.2) is 10.1 Å². The Kier molecular flexibility index (Phi) is 4.05. The molecule has 2 aromatic carbocycles. The molecule has 0 unspecified atom stereocenters. The van der Waals surface area contributed by atoms with E-state index >= 15 is 0 Å². The summed E-state index contributed by atoms with van der Waals surface area (Å²) in [7, 11) is 0. The van der Waals surface area contributed by atoms with Crippen molar-refractivity contribution < 1.29 is 9.90 Å². The zero-order valence-electron chi connectivity index (χ0n) is 11.9. The van der Waals surface area contributed by atoms with Crippen molar-refractivity contribution in [2.45, 2.75) is 0 Å². The summed E-state index contributed by atoms with van der Waals surface area (Å²) in [6, 6.07) is 13.2. The molecule has 3 rings (SSSR count). The zero-order valence-corrected chi connectivity index (χ0v) is 11.9. The van der Waals surface area contributed by atoms with Crippen LogP contribution in [0.2, 0.25) is 0 Å². The van der Waals surface area contributed by atoms with Gasteiger partial charge < -0.3 is 5.11 Å². The third-order valence-electron chi connectivity index (χ3n) is 3.02. The minimum atomic E-state index is -0.330. The van der Waals surface area contributed by atoms with Crippen LogP contribution in [-0.2, 0) is 0 Å². The van der Waals surface area contributed by atoms with E-state index in [0.717, 1.165) is 11.3 Å². The van der Waals surface area contributed by atoms with Crippen molar-refractivity contribution in [2.24, 2.45) is 5.10 Å². The molecule has 1 aromatic heterocycles. The molecule has 2 N–H and O–H groups in total. The van der Waals surface area contributed by atoms with Crippen LogP contribution in [0.1, 0.15) is 15.9 Å². The average molecular weight is 308 g/mol. The molecule has 0 bridgehead atoms. The first kappa shape index (κ1) is 14.4. The number of amides is 1. The van der Waals surface area contributed by atoms with E-state index in [9.17, 15) is 9.90 Å². The number of carbonyl (C=O) groups is 1. The van der Waals surface area contributed by atoms with Crippen LogP contribution < -0.4 is 5.43 Å². The molecule has 8 heteroatoms. The number of carbonyl (C=O) groups excluding carboxylic acids is 1. The molecule has 0 radical (unpaired) electrons. The van der Waals surface area contributed by atoms with Crippen LogP contribution in [0.15, 0.2) is 60.0 Å². The van der Waals surface area contributed by atoms with Crippen molar-refractivity contribution >= 4 is 12.1 Å². The van der Waals surface area contributed by atoms with Gasteiger partial charge in [0, 0.05) is 5.56 Å². The summed E-state index contributed by atoms with van der Waals surface area (Å²) >= 11 is 0. The molecule has 114 valence electrons. The lowest BCUT2D eigenvalue weighted by molar-refractivity contribution is 0.0955. The topological polar surface area (TPSA) is 105 Å². The number of phenolic OH excluding ortho intramolecular Hbond substituents is 1. The van der Waals surface area contributed by atoms with Gasteiger partial charge in [0.15, 0.2) is 0 Å². The number of tetrazole rings is 1. The predicted octanol–water partition coefficient (Wildman–Crippen LogP) is 1.13. The number of rotatable bonds is 4. The molecule has 3 aromatic rings. The van der Waals surface area contributed by atoms with Crippen molar-refractivity contribution in [1.29, 1.82) is 0 Å². The Hall–Kier alpha value is -3.55. The van der Waals surface area contributed by atoms with Crippen molar-refractivity contribution in [1.82, 2.24) is 25.6 Å². The van der Waals surface area contributed by atoms with Crippen molar-refractivity contribution in [3.05, 3.63) is 66.0 Å². The van der Waals surface area contributed by atoms with Crippen molar-refractivity contribution in [2.75, 3.05) is 0 Å². The fourth-order valence-electron chi connectivity index (χ4n) is 1.84. The Balaban J connectivity index is 1.63. The minimum absolute atomic E-state index is 0.175. The quantitative estimate of drug-likeness (QED) is 0.555. The van der Waals surface area contributed by atoms with E-state index < -0.39 is 0 Å². The highest BCUT2D eigenvalue weighted by molar-refractivity contribution is 5.95. The molecule has 0 aliphatic rings. The second-order valence-electron chi connectivity index (χ2n) is 4.59. The molecule has 0 fully saturated rings. The lowest BCUT2D eigenvalue weighted by Gasteiger charge is -2.02. The standard InChI is InChI=1S/C15H12N6O2/c22-14-7-1-11(2-8-14)9-16-18-15(23)12-3-5-13(6-4-12)21-10-17-19-20-21/h1-10,22H,(H,18,23). The molecule has 0 spiro atoms.